The summed E-state index contributed by atoms with van der Waals surface area (Å²) in [5, 5.41) is 2.94. The van der Waals surface area contributed by atoms with Crippen LogP contribution in [0, 0.1) is 12.7 Å². The molecule has 0 radical (unpaired) electrons. The van der Waals surface area contributed by atoms with Crippen LogP contribution in [-0.4, -0.2) is 9.97 Å². The maximum Gasteiger partial charge on any atom is 0.184 e. The van der Waals surface area contributed by atoms with Gasteiger partial charge in [-0.2, -0.15) is 0 Å². The number of hydrogen-bond donors (Lipinski definition) is 1. The Morgan fingerprint density at radius 2 is 2.27 bits per heavy atom. The fraction of sp³-hybridized carbons (Fsp3) is 0.273. The molecule has 1 aliphatic carbocycles. The highest BCUT2D eigenvalue weighted by Crippen LogP contribution is 2.15. The van der Waals surface area contributed by atoms with Gasteiger partial charge in [0.25, 0.3) is 0 Å². The van der Waals surface area contributed by atoms with Gasteiger partial charge in [-0.05, 0) is 25.8 Å². The van der Waals surface area contributed by atoms with Crippen molar-refractivity contribution in [2.45, 2.75) is 19.8 Å². The average Bonchev–Trinajstić information content (AvgIpc) is 2.25. The first-order valence-electron chi connectivity index (χ1n) is 4.88. The van der Waals surface area contributed by atoms with Gasteiger partial charge in [0, 0.05) is 5.70 Å². The Morgan fingerprint density at radius 1 is 1.40 bits per heavy atom. The van der Waals surface area contributed by atoms with E-state index in [4.69, 9.17) is 0 Å². The molecule has 1 aromatic heterocycles. The first-order valence-corrected chi connectivity index (χ1v) is 4.88. The van der Waals surface area contributed by atoms with Gasteiger partial charge in [-0.3, -0.25) is 0 Å². The third kappa shape index (κ3) is 2.40. The molecule has 3 nitrogen and oxygen atoms in total. The Balaban J connectivity index is 2.20. The lowest BCUT2D eigenvalue weighted by molar-refractivity contribution is 0.616. The number of rotatable bonds is 2. The molecule has 78 valence electrons. The molecule has 0 atom stereocenters. The molecule has 0 amide bonds. The Morgan fingerprint density at radius 3 is 3.00 bits per heavy atom. The molecule has 0 fully saturated rings. The second-order valence-corrected chi connectivity index (χ2v) is 3.38. The van der Waals surface area contributed by atoms with Crippen LogP contribution in [0.15, 0.2) is 30.1 Å². The van der Waals surface area contributed by atoms with Crippen molar-refractivity contribution in [3.05, 3.63) is 41.8 Å². The summed E-state index contributed by atoms with van der Waals surface area (Å²) in [5.74, 6) is 0.361. The number of halogens is 1. The summed E-state index contributed by atoms with van der Waals surface area (Å²) in [6, 6.07) is 0. The monoisotopic (exact) mass is 205 g/mol. The predicted molar refractivity (Wildman–Crippen MR) is 56.8 cm³/mol. The van der Waals surface area contributed by atoms with Gasteiger partial charge in [0.05, 0.1) is 6.20 Å². The number of aryl methyl sites for hydroxylation is 1. The Bertz CT molecular complexity index is 424. The number of nitrogens with zero attached hydrogens (tertiary/aromatic N) is 2. The van der Waals surface area contributed by atoms with Crippen LogP contribution in [-0.2, 0) is 0 Å². The van der Waals surface area contributed by atoms with Crippen molar-refractivity contribution in [2.75, 3.05) is 5.32 Å². The molecule has 0 unspecified atom stereocenters. The van der Waals surface area contributed by atoms with Gasteiger partial charge < -0.3 is 5.32 Å². The maximum atomic E-state index is 13.3. The molecule has 0 aromatic carbocycles. The lowest BCUT2D eigenvalue weighted by Crippen LogP contribution is -2.05. The third-order valence-corrected chi connectivity index (χ3v) is 2.12. The van der Waals surface area contributed by atoms with Gasteiger partial charge in [-0.1, -0.05) is 12.2 Å². The highest BCUT2D eigenvalue weighted by molar-refractivity contribution is 5.46. The number of aromatic nitrogens is 2. The van der Waals surface area contributed by atoms with E-state index in [2.05, 4.69) is 15.3 Å². The second-order valence-electron chi connectivity index (χ2n) is 3.38. The largest absolute Gasteiger partial charge is 0.338 e. The predicted octanol–water partition coefficient (Wildman–Crippen LogP) is 2.57. The van der Waals surface area contributed by atoms with E-state index in [-0.39, 0.29) is 5.82 Å². The van der Waals surface area contributed by atoms with E-state index in [9.17, 15) is 4.39 Å². The molecular formula is C11H12FN3. The molecule has 1 heterocycles. The summed E-state index contributed by atoms with van der Waals surface area (Å²) in [6.07, 6.45) is 9.20. The molecule has 4 heteroatoms. The summed E-state index contributed by atoms with van der Waals surface area (Å²) in [6.45, 7) is 1.73. The lowest BCUT2D eigenvalue weighted by atomic mass is 10.1. The van der Waals surface area contributed by atoms with Crippen molar-refractivity contribution < 1.29 is 4.39 Å². The molecule has 0 saturated heterocycles. The van der Waals surface area contributed by atoms with Gasteiger partial charge in [0.2, 0.25) is 0 Å². The average molecular weight is 205 g/mol. The summed E-state index contributed by atoms with van der Waals surface area (Å²) >= 11 is 0. The lowest BCUT2D eigenvalue weighted by Gasteiger charge is -2.10. The first-order chi connectivity index (χ1) is 7.25. The Hall–Kier alpha value is -1.71. The maximum absolute atomic E-state index is 13.3. The molecule has 0 bridgehead atoms. The van der Waals surface area contributed by atoms with E-state index in [1.165, 1.54) is 6.20 Å². The van der Waals surface area contributed by atoms with Gasteiger partial charge in [-0.25, -0.2) is 14.4 Å². The van der Waals surface area contributed by atoms with Crippen LogP contribution in [0.25, 0.3) is 0 Å². The summed E-state index contributed by atoms with van der Waals surface area (Å²) in [5.41, 5.74) is 0.887. The standard InChI is InChI=1S/C11H12FN3/c1-8-13-7-10(12)11(14-8)15-9-5-3-2-4-6-9/h3,5-7H,2,4H2,1H3,(H,13,14,15). The van der Waals surface area contributed by atoms with Crippen molar-refractivity contribution >= 4 is 5.82 Å². The molecule has 0 spiro atoms. The summed E-state index contributed by atoms with van der Waals surface area (Å²) < 4.78 is 13.3. The number of hydrogen-bond acceptors (Lipinski definition) is 3. The van der Waals surface area contributed by atoms with Crippen LogP contribution in [0.4, 0.5) is 10.2 Å². The van der Waals surface area contributed by atoms with E-state index in [0.29, 0.717) is 5.82 Å². The van der Waals surface area contributed by atoms with Gasteiger partial charge in [-0.15, -0.1) is 0 Å². The highest BCUT2D eigenvalue weighted by Gasteiger charge is 2.06. The van der Waals surface area contributed by atoms with E-state index < -0.39 is 5.82 Å². The van der Waals surface area contributed by atoms with E-state index in [1.807, 2.05) is 18.2 Å². The first kappa shape index (κ1) is 9.83. The van der Waals surface area contributed by atoms with Crippen LogP contribution >= 0.6 is 0 Å². The van der Waals surface area contributed by atoms with Crippen LogP contribution in [0.1, 0.15) is 18.7 Å². The summed E-state index contributed by atoms with van der Waals surface area (Å²) in [4.78, 5) is 7.76. The highest BCUT2D eigenvalue weighted by atomic mass is 19.1. The zero-order valence-corrected chi connectivity index (χ0v) is 8.50. The molecule has 2 rings (SSSR count). The van der Waals surface area contributed by atoms with E-state index >= 15 is 0 Å². The molecular weight excluding hydrogens is 193 g/mol. The smallest absolute Gasteiger partial charge is 0.184 e. The van der Waals surface area contributed by atoms with Gasteiger partial charge in [0.15, 0.2) is 11.6 Å². The molecule has 0 saturated carbocycles. The van der Waals surface area contributed by atoms with Gasteiger partial charge >= 0.3 is 0 Å². The number of anilines is 1. The Kier molecular flexibility index (Phi) is 2.76. The van der Waals surface area contributed by atoms with Crippen molar-refractivity contribution in [3.63, 3.8) is 0 Å². The van der Waals surface area contributed by atoms with Crippen LogP contribution in [0.5, 0.6) is 0 Å². The van der Waals surface area contributed by atoms with Crippen LogP contribution < -0.4 is 5.32 Å². The van der Waals surface area contributed by atoms with Crippen LogP contribution in [0.3, 0.4) is 0 Å². The summed E-state index contributed by atoms with van der Waals surface area (Å²) in [7, 11) is 0. The molecule has 0 aliphatic heterocycles. The topological polar surface area (TPSA) is 37.8 Å². The van der Waals surface area contributed by atoms with Gasteiger partial charge in [0.1, 0.15) is 5.82 Å². The SMILES string of the molecule is Cc1ncc(F)c(NC2=CCCC=C2)n1. The van der Waals surface area contributed by atoms with E-state index in [1.54, 1.807) is 6.92 Å². The molecule has 1 N–H and O–H groups in total. The van der Waals surface area contributed by atoms with Crippen LogP contribution in [0.2, 0.25) is 0 Å². The fourth-order valence-corrected chi connectivity index (χ4v) is 1.39. The van der Waals surface area contributed by atoms with Crippen molar-refractivity contribution in [1.82, 2.24) is 9.97 Å². The fourth-order valence-electron chi connectivity index (χ4n) is 1.39. The molecule has 1 aliphatic rings. The zero-order valence-electron chi connectivity index (χ0n) is 8.50. The second kappa shape index (κ2) is 4.21. The minimum Gasteiger partial charge on any atom is -0.338 e. The third-order valence-electron chi connectivity index (χ3n) is 2.12. The zero-order chi connectivity index (χ0) is 10.7. The van der Waals surface area contributed by atoms with Crippen molar-refractivity contribution in [1.29, 1.82) is 0 Å². The normalized spacial score (nSPS) is 14.9. The molecule has 15 heavy (non-hydrogen) atoms. The quantitative estimate of drug-likeness (QED) is 0.806. The van der Waals surface area contributed by atoms with Crippen molar-refractivity contribution in [3.8, 4) is 0 Å². The van der Waals surface area contributed by atoms with Crippen molar-refractivity contribution in [2.24, 2.45) is 0 Å². The number of allylic oxidation sites excluding steroid dienone is 3. The minimum atomic E-state index is -0.430. The van der Waals surface area contributed by atoms with E-state index in [0.717, 1.165) is 18.5 Å². The Labute approximate surface area is 87.8 Å². The molecule has 1 aromatic rings. The number of nitrogens with one attached hydrogen (secondary N) is 1. The minimum absolute atomic E-state index is 0.236.